The number of nitrogens with two attached hydrogens (primary N) is 1. The standard InChI is InChI=1S/C13H16BrN3/c1-8(2)7-10-12(16-17-13(10)15)9-5-3-4-6-11(9)14/h3-6,8H,7H2,1-2H3,(H3,15,16,17). The highest BCUT2D eigenvalue weighted by atomic mass is 79.9. The molecule has 0 amide bonds. The lowest BCUT2D eigenvalue weighted by Gasteiger charge is -2.08. The normalized spacial score (nSPS) is 11.1. The summed E-state index contributed by atoms with van der Waals surface area (Å²) in [5, 5.41) is 7.15. The number of nitrogen functional groups attached to an aromatic ring is 1. The van der Waals surface area contributed by atoms with Crippen LogP contribution >= 0.6 is 15.9 Å². The summed E-state index contributed by atoms with van der Waals surface area (Å²) in [5.74, 6) is 1.15. The Balaban J connectivity index is 2.49. The molecule has 1 heterocycles. The molecule has 17 heavy (non-hydrogen) atoms. The first-order chi connectivity index (χ1) is 8.09. The average molecular weight is 294 g/mol. The van der Waals surface area contributed by atoms with Crippen LogP contribution in [0.3, 0.4) is 0 Å². The summed E-state index contributed by atoms with van der Waals surface area (Å²) < 4.78 is 1.05. The molecule has 3 N–H and O–H groups in total. The summed E-state index contributed by atoms with van der Waals surface area (Å²) >= 11 is 3.55. The minimum atomic E-state index is 0.552. The number of hydrogen-bond acceptors (Lipinski definition) is 2. The van der Waals surface area contributed by atoms with Crippen molar-refractivity contribution in [2.24, 2.45) is 5.92 Å². The van der Waals surface area contributed by atoms with Gasteiger partial charge < -0.3 is 5.73 Å². The van der Waals surface area contributed by atoms with E-state index < -0.39 is 0 Å². The number of hydrogen-bond donors (Lipinski definition) is 2. The quantitative estimate of drug-likeness (QED) is 0.908. The van der Waals surface area contributed by atoms with Crippen molar-refractivity contribution >= 4 is 21.7 Å². The molecule has 0 bridgehead atoms. The molecule has 0 unspecified atom stereocenters. The van der Waals surface area contributed by atoms with Crippen LogP contribution in [-0.4, -0.2) is 10.2 Å². The highest BCUT2D eigenvalue weighted by Gasteiger charge is 2.15. The largest absolute Gasteiger partial charge is 0.382 e. The molecule has 0 fully saturated rings. The molecular formula is C13H16BrN3. The minimum Gasteiger partial charge on any atom is -0.382 e. The third-order valence-electron chi connectivity index (χ3n) is 2.65. The van der Waals surface area contributed by atoms with Gasteiger partial charge >= 0.3 is 0 Å². The monoisotopic (exact) mass is 293 g/mol. The van der Waals surface area contributed by atoms with Crippen molar-refractivity contribution in [3.05, 3.63) is 34.3 Å². The first kappa shape index (κ1) is 12.2. The minimum absolute atomic E-state index is 0.552. The number of halogens is 1. The smallest absolute Gasteiger partial charge is 0.149 e. The molecule has 0 atom stereocenters. The molecule has 0 aliphatic rings. The summed E-state index contributed by atoms with van der Waals surface area (Å²) in [4.78, 5) is 0. The van der Waals surface area contributed by atoms with Crippen LogP contribution in [0.25, 0.3) is 11.3 Å². The first-order valence-corrected chi connectivity index (χ1v) is 6.46. The lowest BCUT2D eigenvalue weighted by atomic mass is 9.99. The van der Waals surface area contributed by atoms with Crippen molar-refractivity contribution in [3.8, 4) is 11.3 Å². The summed E-state index contributed by atoms with van der Waals surface area (Å²) in [6.07, 6.45) is 0.930. The molecule has 1 aromatic heterocycles. The molecular weight excluding hydrogens is 278 g/mol. The second kappa shape index (κ2) is 4.92. The van der Waals surface area contributed by atoms with E-state index in [1.54, 1.807) is 0 Å². The molecule has 0 saturated heterocycles. The summed E-state index contributed by atoms with van der Waals surface area (Å²) in [7, 11) is 0. The van der Waals surface area contributed by atoms with Gasteiger partial charge in [-0.1, -0.05) is 48.0 Å². The number of aromatic nitrogens is 2. The van der Waals surface area contributed by atoms with Crippen LogP contribution < -0.4 is 5.73 Å². The fourth-order valence-electron chi connectivity index (χ4n) is 1.88. The van der Waals surface area contributed by atoms with Crippen molar-refractivity contribution in [2.75, 3.05) is 5.73 Å². The number of benzene rings is 1. The van der Waals surface area contributed by atoms with E-state index in [9.17, 15) is 0 Å². The molecule has 90 valence electrons. The Labute approximate surface area is 110 Å². The van der Waals surface area contributed by atoms with E-state index in [1.165, 1.54) is 0 Å². The molecule has 2 rings (SSSR count). The molecule has 0 spiro atoms. The predicted octanol–water partition coefficient (Wildman–Crippen LogP) is 3.62. The van der Waals surface area contributed by atoms with Crippen LogP contribution in [-0.2, 0) is 6.42 Å². The SMILES string of the molecule is CC(C)Cc1c(N)n[nH]c1-c1ccccc1Br. The highest BCUT2D eigenvalue weighted by molar-refractivity contribution is 9.10. The summed E-state index contributed by atoms with van der Waals surface area (Å²) in [6, 6.07) is 8.08. The van der Waals surface area contributed by atoms with Gasteiger partial charge in [0.1, 0.15) is 5.82 Å². The molecule has 0 aliphatic heterocycles. The Bertz CT molecular complexity index is 517. The Morgan fingerprint density at radius 3 is 2.71 bits per heavy atom. The number of nitrogens with zero attached hydrogens (tertiary/aromatic N) is 1. The molecule has 0 radical (unpaired) electrons. The second-order valence-electron chi connectivity index (χ2n) is 4.54. The van der Waals surface area contributed by atoms with E-state index in [0.717, 1.165) is 27.7 Å². The van der Waals surface area contributed by atoms with Gasteiger partial charge in [0.25, 0.3) is 0 Å². The molecule has 2 aromatic rings. The van der Waals surface area contributed by atoms with E-state index in [0.29, 0.717) is 11.7 Å². The van der Waals surface area contributed by atoms with E-state index in [-0.39, 0.29) is 0 Å². The van der Waals surface area contributed by atoms with Crippen LogP contribution in [0, 0.1) is 5.92 Å². The topological polar surface area (TPSA) is 54.7 Å². The van der Waals surface area contributed by atoms with Gasteiger partial charge in [-0.3, -0.25) is 5.10 Å². The number of anilines is 1. The van der Waals surface area contributed by atoms with Gasteiger partial charge in [0.05, 0.1) is 5.69 Å². The second-order valence-corrected chi connectivity index (χ2v) is 5.39. The Morgan fingerprint density at radius 1 is 1.35 bits per heavy atom. The molecule has 3 nitrogen and oxygen atoms in total. The van der Waals surface area contributed by atoms with Crippen molar-refractivity contribution < 1.29 is 0 Å². The van der Waals surface area contributed by atoms with Crippen LogP contribution in [0.5, 0.6) is 0 Å². The van der Waals surface area contributed by atoms with E-state index in [1.807, 2.05) is 18.2 Å². The van der Waals surface area contributed by atoms with Gasteiger partial charge in [-0.15, -0.1) is 0 Å². The Hall–Kier alpha value is -1.29. The lowest BCUT2D eigenvalue weighted by Crippen LogP contribution is -1.99. The number of rotatable bonds is 3. The van der Waals surface area contributed by atoms with Crippen LogP contribution in [0.4, 0.5) is 5.82 Å². The zero-order valence-electron chi connectivity index (χ0n) is 10.00. The van der Waals surface area contributed by atoms with Crippen LogP contribution in [0.2, 0.25) is 0 Å². The molecule has 1 aromatic carbocycles. The van der Waals surface area contributed by atoms with Crippen LogP contribution in [0.15, 0.2) is 28.7 Å². The van der Waals surface area contributed by atoms with Gasteiger partial charge in [-0.25, -0.2) is 0 Å². The van der Waals surface area contributed by atoms with E-state index >= 15 is 0 Å². The number of nitrogens with one attached hydrogen (secondary N) is 1. The fraction of sp³-hybridized carbons (Fsp3) is 0.308. The number of aromatic amines is 1. The van der Waals surface area contributed by atoms with E-state index in [4.69, 9.17) is 5.73 Å². The maximum absolute atomic E-state index is 5.92. The van der Waals surface area contributed by atoms with Gasteiger partial charge in [0, 0.05) is 15.6 Å². The Kier molecular flexibility index (Phi) is 3.52. The van der Waals surface area contributed by atoms with Gasteiger partial charge in [0.2, 0.25) is 0 Å². The summed E-state index contributed by atoms with van der Waals surface area (Å²) in [6.45, 7) is 4.35. The maximum Gasteiger partial charge on any atom is 0.149 e. The summed E-state index contributed by atoms with van der Waals surface area (Å²) in [5.41, 5.74) is 9.14. The van der Waals surface area contributed by atoms with Gasteiger partial charge in [-0.05, 0) is 18.4 Å². The van der Waals surface area contributed by atoms with Crippen molar-refractivity contribution in [2.45, 2.75) is 20.3 Å². The zero-order valence-corrected chi connectivity index (χ0v) is 11.6. The maximum atomic E-state index is 5.92. The lowest BCUT2D eigenvalue weighted by molar-refractivity contribution is 0.649. The van der Waals surface area contributed by atoms with Crippen molar-refractivity contribution in [1.29, 1.82) is 0 Å². The zero-order chi connectivity index (χ0) is 12.4. The molecule has 0 aliphatic carbocycles. The third-order valence-corrected chi connectivity index (χ3v) is 3.35. The fourth-order valence-corrected chi connectivity index (χ4v) is 2.36. The molecule has 0 saturated carbocycles. The average Bonchev–Trinajstić information content (AvgIpc) is 2.61. The van der Waals surface area contributed by atoms with Crippen LogP contribution in [0.1, 0.15) is 19.4 Å². The Morgan fingerprint density at radius 2 is 2.06 bits per heavy atom. The van der Waals surface area contributed by atoms with E-state index in [2.05, 4.69) is 46.0 Å². The predicted molar refractivity (Wildman–Crippen MR) is 74.7 cm³/mol. The van der Waals surface area contributed by atoms with Gasteiger partial charge in [0.15, 0.2) is 0 Å². The molecule has 4 heteroatoms. The first-order valence-electron chi connectivity index (χ1n) is 5.67. The van der Waals surface area contributed by atoms with Crippen molar-refractivity contribution in [3.63, 3.8) is 0 Å². The highest BCUT2D eigenvalue weighted by Crippen LogP contribution is 2.32. The van der Waals surface area contributed by atoms with Crippen molar-refractivity contribution in [1.82, 2.24) is 10.2 Å². The number of H-pyrrole nitrogens is 1. The third kappa shape index (κ3) is 2.52. The van der Waals surface area contributed by atoms with Gasteiger partial charge in [-0.2, -0.15) is 5.10 Å².